The van der Waals surface area contributed by atoms with Gasteiger partial charge in [0.15, 0.2) is 49.6 Å². The Morgan fingerprint density at radius 2 is 0.609 bits per heavy atom. The van der Waals surface area contributed by atoms with Crippen LogP contribution >= 0.6 is 0 Å². The fraction of sp³-hybridized carbons (Fsp3) is 1.00. The van der Waals surface area contributed by atoms with Crippen molar-refractivity contribution in [2.24, 2.45) is 0 Å². The maximum atomic E-state index is 12.4. The van der Waals surface area contributed by atoms with E-state index in [0.29, 0.717) is 12.8 Å². The lowest BCUT2D eigenvalue weighted by atomic mass is 9.96. The van der Waals surface area contributed by atoms with E-state index in [2.05, 4.69) is 8.37 Å². The molecule has 0 saturated carbocycles. The van der Waals surface area contributed by atoms with E-state index in [-0.39, 0.29) is 6.61 Å². The summed E-state index contributed by atoms with van der Waals surface area (Å²) in [5.74, 6) is 0. The Morgan fingerprint density at radius 1 is 0.362 bits per heavy atom. The molecule has 37 heteroatoms. The van der Waals surface area contributed by atoms with Crippen LogP contribution in [0.15, 0.2) is 0 Å². The molecule has 4 heterocycles. The molecule has 4 aliphatic rings. The quantitative estimate of drug-likeness (QED) is 0.0341. The zero-order valence-corrected chi connectivity index (χ0v) is 41.0. The lowest BCUT2D eigenvalue weighted by molar-refractivity contribution is -0.379. The molecule has 4 fully saturated rings. The minimum atomic E-state index is -5.81. The number of rotatable bonds is 24. The molecule has 69 heavy (non-hydrogen) atoms. The molecule has 32 nitrogen and oxygen atoms in total. The molecule has 0 radical (unpaired) electrons. The zero-order chi connectivity index (χ0) is 52.2. The van der Waals surface area contributed by atoms with E-state index in [4.69, 9.17) is 50.4 Å². The van der Waals surface area contributed by atoms with Gasteiger partial charge in [-0.05, 0) is 34.1 Å². The fourth-order valence-corrected chi connectivity index (χ4v) is 10.1. The molecule has 0 aromatic heterocycles. The van der Waals surface area contributed by atoms with E-state index in [1.165, 1.54) is 6.92 Å². The number of hydrogen-bond donors (Lipinski definition) is 9. The standard InChI is InChI=1S/C32H58O32S5/c1-6-7-8-9-10-11-12-52-29-25(61-66(40,41)42)21(17(33)13(2)53-29)57-30-26(62-67(43,44)45)22(18(34)14(3)54-30)58-31-27(63-68(46,47)48)23(19(35)15(4)55-31)59-32-28(64-69(49,50)51)24(60-65(37,38)39)20(36)16(5)56-32/h13-36H,6-12H2,1-5H3,(H,37,38,39)(H,40,41,42)(H,43,44,45)(H,46,47,48)(H,49,50,51)/t13-,14-,15-,16-,17+,18+,19+,20+,21+,22+,23+,24+,25-,26-,27-,28-,29-,30-,31-,32-/m0/s1. The van der Waals surface area contributed by atoms with Gasteiger partial charge in [-0.1, -0.05) is 39.0 Å². The first-order chi connectivity index (χ1) is 31.6. The lowest BCUT2D eigenvalue weighted by Gasteiger charge is -2.49. The molecule has 9 N–H and O–H groups in total. The van der Waals surface area contributed by atoms with E-state index in [1.54, 1.807) is 0 Å². The second-order valence-corrected chi connectivity index (χ2v) is 21.4. The summed E-state index contributed by atoms with van der Waals surface area (Å²) < 4.78 is 238. The van der Waals surface area contributed by atoms with Crippen LogP contribution in [0.4, 0.5) is 0 Å². The predicted octanol–water partition coefficient (Wildman–Crippen LogP) is -3.12. The van der Waals surface area contributed by atoms with E-state index in [9.17, 15) is 85.3 Å². The average Bonchev–Trinajstić information content (AvgIpc) is 3.18. The highest BCUT2D eigenvalue weighted by Gasteiger charge is 2.58. The molecule has 408 valence electrons. The van der Waals surface area contributed by atoms with Gasteiger partial charge in [-0.3, -0.25) is 22.8 Å². The molecule has 0 aromatic rings. The SMILES string of the molecule is CCCCCCCCO[C@H]1O[C@@H](C)[C@@H](O)[C@@H](O[C@@H]2O[C@@H](C)[C@@H](O)[C@@H](O[C@@H]3O[C@@H](C)[C@@H](O)[C@@H](O[C@@H]4O[C@@H](C)[C@@H](O)[C@@H](OS(=O)(=O)O)[C@@H]4OS(=O)(=O)O)[C@@H]3OS(=O)(=O)O)[C@@H]2OS(=O)(=O)O)[C@@H]1OS(=O)(=O)O. The van der Waals surface area contributed by atoms with Crippen LogP contribution in [-0.2, 0) is 111 Å². The summed E-state index contributed by atoms with van der Waals surface area (Å²) in [4.78, 5) is 0. The van der Waals surface area contributed by atoms with Gasteiger partial charge in [0.05, 0.1) is 24.4 Å². The molecule has 4 rings (SSSR count). The normalized spacial score (nSPS) is 39.9. The van der Waals surface area contributed by atoms with Crippen molar-refractivity contribution in [1.29, 1.82) is 0 Å². The topological polar surface area (TPSA) is 473 Å². The number of aliphatic hydroxyl groups excluding tert-OH is 4. The van der Waals surface area contributed by atoms with Crippen molar-refractivity contribution in [3.63, 3.8) is 0 Å². The number of hydrogen-bond acceptors (Lipinski definition) is 27. The van der Waals surface area contributed by atoms with E-state index >= 15 is 0 Å². The van der Waals surface area contributed by atoms with Crippen LogP contribution in [0, 0.1) is 0 Å². The van der Waals surface area contributed by atoms with Gasteiger partial charge in [-0.25, -0.2) is 20.9 Å². The van der Waals surface area contributed by atoms with Gasteiger partial charge >= 0.3 is 52.0 Å². The summed E-state index contributed by atoms with van der Waals surface area (Å²) in [6.45, 7) is 6.31. The third-order valence-electron chi connectivity index (χ3n) is 10.9. The zero-order valence-electron chi connectivity index (χ0n) is 37.0. The Kier molecular flexibility index (Phi) is 21.4. The number of ether oxygens (including phenoxy) is 8. The van der Waals surface area contributed by atoms with E-state index < -0.39 is 175 Å². The number of aliphatic hydroxyl groups is 4. The fourth-order valence-electron chi connectivity index (χ4n) is 7.64. The molecule has 0 aromatic carbocycles. The molecule has 4 aliphatic heterocycles. The van der Waals surface area contributed by atoms with Crippen molar-refractivity contribution in [2.75, 3.05) is 6.61 Å². The van der Waals surface area contributed by atoms with Crippen molar-refractivity contribution in [1.82, 2.24) is 0 Å². The van der Waals surface area contributed by atoms with Gasteiger partial charge in [0.25, 0.3) is 0 Å². The molecule has 0 spiro atoms. The summed E-state index contributed by atoms with van der Waals surface area (Å²) in [6.07, 6.45) is -38.9. The first-order valence-corrected chi connectivity index (χ1v) is 27.6. The Labute approximate surface area is 397 Å². The smallest absolute Gasteiger partial charge is 0.388 e. The third-order valence-corrected chi connectivity index (χ3v) is 13.2. The molecule has 0 bridgehead atoms. The molecule has 20 atom stereocenters. The van der Waals surface area contributed by atoms with Crippen molar-refractivity contribution >= 4 is 52.0 Å². The highest BCUT2D eigenvalue weighted by atomic mass is 32.3. The van der Waals surface area contributed by atoms with Crippen LogP contribution in [0.1, 0.15) is 73.1 Å². The van der Waals surface area contributed by atoms with Crippen LogP contribution in [-0.4, -0.2) is 215 Å². The first kappa shape index (κ1) is 60.4. The van der Waals surface area contributed by atoms with Crippen LogP contribution < -0.4 is 0 Å². The molecule has 0 amide bonds. The van der Waals surface area contributed by atoms with Crippen molar-refractivity contribution in [3.05, 3.63) is 0 Å². The monoisotopic (exact) mass is 1110 g/mol. The van der Waals surface area contributed by atoms with E-state index in [1.807, 2.05) is 6.92 Å². The van der Waals surface area contributed by atoms with Gasteiger partial charge in [0, 0.05) is 6.61 Å². The summed E-state index contributed by atoms with van der Waals surface area (Å²) >= 11 is 0. The van der Waals surface area contributed by atoms with Gasteiger partial charge in [0.1, 0.15) is 48.8 Å². The number of unbranched alkanes of at least 4 members (excludes halogenated alkanes) is 5. The Morgan fingerprint density at radius 3 is 0.928 bits per heavy atom. The van der Waals surface area contributed by atoms with Crippen molar-refractivity contribution in [2.45, 2.75) is 196 Å². The first-order valence-electron chi connectivity index (χ1n) is 20.8. The largest absolute Gasteiger partial charge is 0.397 e. The minimum Gasteiger partial charge on any atom is -0.388 e. The Balaban J connectivity index is 1.75. The molecular weight excluding hydrogens is 1060 g/mol. The minimum absolute atomic E-state index is 0.0851. The van der Waals surface area contributed by atoms with Gasteiger partial charge in [-0.2, -0.15) is 42.1 Å². The predicted molar refractivity (Wildman–Crippen MR) is 217 cm³/mol. The highest BCUT2D eigenvalue weighted by molar-refractivity contribution is 7.81. The van der Waals surface area contributed by atoms with Gasteiger partial charge in [-0.15, -0.1) is 0 Å². The summed E-state index contributed by atoms with van der Waals surface area (Å²) in [5.41, 5.74) is 0. The van der Waals surface area contributed by atoms with Crippen molar-refractivity contribution < 1.29 is 144 Å². The van der Waals surface area contributed by atoms with Gasteiger partial charge in [0.2, 0.25) is 0 Å². The molecule has 0 unspecified atom stereocenters. The maximum Gasteiger partial charge on any atom is 0.397 e. The Hall–Kier alpha value is -1.13. The summed E-state index contributed by atoms with van der Waals surface area (Å²) in [5, 5.41) is 44.6. The Bertz CT molecular complexity index is 2220. The highest BCUT2D eigenvalue weighted by Crippen LogP contribution is 2.38. The average molecular weight is 1120 g/mol. The van der Waals surface area contributed by atoms with Gasteiger partial charge < -0.3 is 58.3 Å². The maximum absolute atomic E-state index is 12.4. The van der Waals surface area contributed by atoms with Crippen LogP contribution in [0.5, 0.6) is 0 Å². The molecule has 0 aliphatic carbocycles. The summed E-state index contributed by atoms with van der Waals surface area (Å²) in [6, 6.07) is 0. The summed E-state index contributed by atoms with van der Waals surface area (Å²) in [7, 11) is -28.4. The second kappa shape index (κ2) is 24.5. The van der Waals surface area contributed by atoms with E-state index in [0.717, 1.165) is 46.5 Å². The molecular formula is C32H58O32S5. The van der Waals surface area contributed by atoms with Crippen LogP contribution in [0.2, 0.25) is 0 Å². The van der Waals surface area contributed by atoms with Crippen LogP contribution in [0.3, 0.4) is 0 Å². The second-order valence-electron chi connectivity index (χ2n) is 16.2. The lowest BCUT2D eigenvalue weighted by Crippen LogP contribution is -2.67. The van der Waals surface area contributed by atoms with Crippen molar-refractivity contribution in [3.8, 4) is 0 Å². The van der Waals surface area contributed by atoms with Crippen LogP contribution in [0.25, 0.3) is 0 Å². The third kappa shape index (κ3) is 18.0. The molecule has 4 saturated heterocycles.